The van der Waals surface area contributed by atoms with Gasteiger partial charge in [-0.2, -0.15) is 5.10 Å². The summed E-state index contributed by atoms with van der Waals surface area (Å²) in [5, 5.41) is 17.9. The Morgan fingerprint density at radius 2 is 2.04 bits per heavy atom. The summed E-state index contributed by atoms with van der Waals surface area (Å²) >= 11 is 5.83. The van der Waals surface area contributed by atoms with Crippen LogP contribution in [0.5, 0.6) is 0 Å². The smallest absolute Gasteiger partial charge is 0.270 e. The van der Waals surface area contributed by atoms with Gasteiger partial charge in [0.2, 0.25) is 0 Å². The van der Waals surface area contributed by atoms with E-state index in [1.807, 2.05) is 0 Å². The first-order valence-electron chi connectivity index (χ1n) is 6.60. The molecule has 0 aliphatic heterocycles. The van der Waals surface area contributed by atoms with Gasteiger partial charge in [-0.3, -0.25) is 14.9 Å². The van der Waals surface area contributed by atoms with Crippen molar-refractivity contribution in [3.8, 4) is 0 Å². The van der Waals surface area contributed by atoms with E-state index < -0.39 is 4.92 Å². The molecule has 7 nitrogen and oxygen atoms in total. The lowest BCUT2D eigenvalue weighted by molar-refractivity contribution is -0.384. The van der Waals surface area contributed by atoms with Crippen molar-refractivity contribution < 1.29 is 9.72 Å². The summed E-state index contributed by atoms with van der Waals surface area (Å²) in [6.07, 6.45) is 1.34. The molecule has 0 aliphatic carbocycles. The summed E-state index contributed by atoms with van der Waals surface area (Å²) in [7, 11) is 0. The molecule has 2 aromatic rings. The average molecular weight is 333 g/mol. The second kappa shape index (κ2) is 7.90. The number of rotatable bonds is 6. The van der Waals surface area contributed by atoms with Crippen LogP contribution in [0.2, 0.25) is 5.02 Å². The fraction of sp³-hybridized carbons (Fsp3) is 0.0667. The Hall–Kier alpha value is -2.93. The van der Waals surface area contributed by atoms with Crippen molar-refractivity contribution >= 4 is 35.1 Å². The molecule has 118 valence electrons. The quantitative estimate of drug-likeness (QED) is 0.483. The minimum absolute atomic E-state index is 0.0205. The predicted molar refractivity (Wildman–Crippen MR) is 88.8 cm³/mol. The van der Waals surface area contributed by atoms with Crippen molar-refractivity contribution in [2.75, 3.05) is 11.9 Å². The Kier molecular flexibility index (Phi) is 5.65. The van der Waals surface area contributed by atoms with Crippen molar-refractivity contribution in [2.45, 2.75) is 0 Å². The van der Waals surface area contributed by atoms with Gasteiger partial charge in [-0.05, 0) is 18.2 Å². The first-order chi connectivity index (χ1) is 11.0. The number of hydrogen-bond acceptors (Lipinski definition) is 5. The number of hydrazone groups is 1. The zero-order valence-electron chi connectivity index (χ0n) is 11.9. The lowest BCUT2D eigenvalue weighted by Crippen LogP contribution is -2.25. The number of non-ortho nitro benzene ring substituents is 1. The maximum Gasteiger partial charge on any atom is 0.270 e. The van der Waals surface area contributed by atoms with Gasteiger partial charge >= 0.3 is 0 Å². The number of anilines is 1. The Labute approximate surface area is 137 Å². The molecule has 23 heavy (non-hydrogen) atoms. The molecule has 0 spiro atoms. The van der Waals surface area contributed by atoms with Gasteiger partial charge in [0.1, 0.15) is 0 Å². The molecular formula is C15H13ClN4O3. The zero-order valence-corrected chi connectivity index (χ0v) is 12.7. The molecule has 0 aromatic heterocycles. The highest BCUT2D eigenvalue weighted by molar-refractivity contribution is 6.30. The Bertz CT molecular complexity index is 749. The largest absolute Gasteiger partial charge is 0.376 e. The van der Waals surface area contributed by atoms with Gasteiger partial charge in [-0.25, -0.2) is 5.43 Å². The molecule has 0 bridgehead atoms. The summed E-state index contributed by atoms with van der Waals surface area (Å²) in [4.78, 5) is 21.8. The molecule has 0 saturated carbocycles. The van der Waals surface area contributed by atoms with E-state index in [0.29, 0.717) is 10.6 Å². The Morgan fingerprint density at radius 3 is 2.78 bits per heavy atom. The van der Waals surface area contributed by atoms with E-state index in [2.05, 4.69) is 15.8 Å². The third-order valence-corrected chi connectivity index (χ3v) is 3.00. The molecule has 0 unspecified atom stereocenters. The Morgan fingerprint density at radius 1 is 1.26 bits per heavy atom. The van der Waals surface area contributed by atoms with Gasteiger partial charge in [-0.15, -0.1) is 0 Å². The van der Waals surface area contributed by atoms with Crippen molar-refractivity contribution in [1.82, 2.24) is 5.43 Å². The standard InChI is InChI=1S/C15H13ClN4O3/c16-12-4-2-5-13(8-12)17-10-15(21)19-18-9-11-3-1-6-14(7-11)20(22)23/h1-9,17H,10H2,(H,19,21)/b18-9-. The highest BCUT2D eigenvalue weighted by Crippen LogP contribution is 2.14. The Balaban J connectivity index is 1.84. The summed E-state index contributed by atoms with van der Waals surface area (Å²) < 4.78 is 0. The number of amides is 1. The monoisotopic (exact) mass is 332 g/mol. The van der Waals surface area contributed by atoms with Crippen molar-refractivity contribution in [2.24, 2.45) is 5.10 Å². The molecule has 2 aromatic carbocycles. The van der Waals surface area contributed by atoms with Crippen LogP contribution >= 0.6 is 11.6 Å². The lowest BCUT2D eigenvalue weighted by Gasteiger charge is -2.05. The molecule has 2 N–H and O–H groups in total. The molecule has 0 saturated heterocycles. The summed E-state index contributed by atoms with van der Waals surface area (Å²) in [5.41, 5.74) is 3.52. The normalized spacial score (nSPS) is 10.5. The number of carbonyl (C=O) groups excluding carboxylic acids is 1. The number of nitrogens with zero attached hydrogens (tertiary/aromatic N) is 2. The molecule has 0 fully saturated rings. The van der Waals surface area contributed by atoms with Crippen LogP contribution in [0.1, 0.15) is 5.56 Å². The molecule has 1 amide bonds. The third-order valence-electron chi connectivity index (χ3n) is 2.76. The molecule has 0 heterocycles. The molecular weight excluding hydrogens is 320 g/mol. The van der Waals surface area contributed by atoms with E-state index in [1.54, 1.807) is 36.4 Å². The highest BCUT2D eigenvalue weighted by Gasteiger charge is 2.04. The van der Waals surface area contributed by atoms with Crippen LogP contribution in [0.25, 0.3) is 0 Å². The molecule has 0 aliphatic rings. The van der Waals surface area contributed by atoms with Gasteiger partial charge in [-0.1, -0.05) is 29.8 Å². The third kappa shape index (κ3) is 5.40. The van der Waals surface area contributed by atoms with E-state index >= 15 is 0 Å². The highest BCUT2D eigenvalue weighted by atomic mass is 35.5. The maximum atomic E-state index is 11.6. The topological polar surface area (TPSA) is 96.6 Å². The number of halogens is 1. The molecule has 0 atom stereocenters. The zero-order chi connectivity index (χ0) is 16.7. The van der Waals surface area contributed by atoms with Crippen molar-refractivity contribution in [3.05, 3.63) is 69.2 Å². The summed E-state index contributed by atoms with van der Waals surface area (Å²) in [5.74, 6) is -0.355. The van der Waals surface area contributed by atoms with E-state index in [0.717, 1.165) is 5.69 Å². The minimum atomic E-state index is -0.495. The van der Waals surface area contributed by atoms with E-state index in [9.17, 15) is 14.9 Å². The van der Waals surface area contributed by atoms with Crippen LogP contribution in [0, 0.1) is 10.1 Å². The van der Waals surface area contributed by atoms with Crippen LogP contribution < -0.4 is 10.7 Å². The fourth-order valence-electron chi connectivity index (χ4n) is 1.72. The van der Waals surface area contributed by atoms with E-state index in [-0.39, 0.29) is 18.1 Å². The van der Waals surface area contributed by atoms with Crippen molar-refractivity contribution in [1.29, 1.82) is 0 Å². The van der Waals surface area contributed by atoms with Crippen molar-refractivity contribution in [3.63, 3.8) is 0 Å². The summed E-state index contributed by atoms with van der Waals surface area (Å²) in [6.45, 7) is 0.0205. The van der Waals surface area contributed by atoms with Crippen LogP contribution in [0.4, 0.5) is 11.4 Å². The second-order valence-corrected chi connectivity index (χ2v) is 4.95. The predicted octanol–water partition coefficient (Wildman–Crippen LogP) is 2.81. The van der Waals surface area contributed by atoms with E-state index in [4.69, 9.17) is 11.6 Å². The first kappa shape index (κ1) is 16.4. The number of nitro groups is 1. The number of carbonyl (C=O) groups is 1. The number of hydrogen-bond donors (Lipinski definition) is 2. The minimum Gasteiger partial charge on any atom is -0.376 e. The number of nitro benzene ring substituents is 1. The maximum absolute atomic E-state index is 11.6. The lowest BCUT2D eigenvalue weighted by atomic mass is 10.2. The van der Waals surface area contributed by atoms with Gasteiger partial charge < -0.3 is 5.32 Å². The average Bonchev–Trinajstić information content (AvgIpc) is 2.53. The SMILES string of the molecule is O=C(CNc1cccc(Cl)c1)N/N=C\c1cccc([N+](=O)[O-])c1. The van der Waals surface area contributed by atoms with Crippen LogP contribution in [0.15, 0.2) is 53.6 Å². The van der Waals surface area contributed by atoms with Crippen LogP contribution in [-0.4, -0.2) is 23.6 Å². The second-order valence-electron chi connectivity index (χ2n) is 4.51. The first-order valence-corrected chi connectivity index (χ1v) is 6.98. The molecule has 2 rings (SSSR count). The summed E-state index contributed by atoms with van der Waals surface area (Å²) in [6, 6.07) is 12.9. The molecule has 0 radical (unpaired) electrons. The number of nitrogens with one attached hydrogen (secondary N) is 2. The van der Waals surface area contributed by atoms with Gasteiger partial charge in [0, 0.05) is 28.4 Å². The van der Waals surface area contributed by atoms with Gasteiger partial charge in [0.15, 0.2) is 0 Å². The molecule has 8 heteroatoms. The van der Waals surface area contributed by atoms with Crippen LogP contribution in [-0.2, 0) is 4.79 Å². The van der Waals surface area contributed by atoms with Crippen LogP contribution in [0.3, 0.4) is 0 Å². The fourth-order valence-corrected chi connectivity index (χ4v) is 1.91. The van der Waals surface area contributed by atoms with E-state index in [1.165, 1.54) is 18.3 Å². The van der Waals surface area contributed by atoms with Gasteiger partial charge in [0.25, 0.3) is 11.6 Å². The van der Waals surface area contributed by atoms with Gasteiger partial charge in [0.05, 0.1) is 17.7 Å². The number of benzene rings is 2.